The molecule has 0 heterocycles. The van der Waals surface area contributed by atoms with Gasteiger partial charge in [0.25, 0.3) is 5.91 Å². The largest absolute Gasteiger partial charge is 0.490 e. The number of halogens is 2. The van der Waals surface area contributed by atoms with E-state index in [0.717, 1.165) is 10.0 Å². The number of hydrogen-bond acceptors (Lipinski definition) is 4. The van der Waals surface area contributed by atoms with E-state index in [-0.39, 0.29) is 11.3 Å². The van der Waals surface area contributed by atoms with Crippen LogP contribution in [0.3, 0.4) is 0 Å². The molecule has 0 atom stereocenters. The number of carbonyl (C=O) groups is 1. The number of carbonyl (C=O) groups excluding carboxylic acids is 1. The molecule has 3 aromatic carbocycles. The lowest BCUT2D eigenvalue weighted by molar-refractivity contribution is -0.112. The average molecular weight is 495 g/mol. The molecular weight excluding hydrogens is 475 g/mol. The van der Waals surface area contributed by atoms with Gasteiger partial charge in [-0.3, -0.25) is 4.79 Å². The van der Waals surface area contributed by atoms with Crippen LogP contribution < -0.4 is 14.8 Å². The van der Waals surface area contributed by atoms with Gasteiger partial charge in [0.05, 0.1) is 12.3 Å². The van der Waals surface area contributed by atoms with Gasteiger partial charge in [0, 0.05) is 4.47 Å². The number of para-hydroxylation sites is 1. The normalized spacial score (nSPS) is 10.9. The molecule has 5 nitrogen and oxygen atoms in total. The Kier molecular flexibility index (Phi) is 8.01. The molecule has 0 saturated heterocycles. The zero-order valence-electron chi connectivity index (χ0n) is 17.3. The molecule has 0 aliphatic rings. The van der Waals surface area contributed by atoms with Crippen LogP contribution in [-0.2, 0) is 11.4 Å². The topological polar surface area (TPSA) is 71.3 Å². The van der Waals surface area contributed by atoms with Crippen molar-refractivity contribution in [2.75, 3.05) is 11.9 Å². The third-order valence-electron chi connectivity index (χ3n) is 4.37. The second-order valence-corrected chi connectivity index (χ2v) is 7.57. The molecule has 1 amide bonds. The van der Waals surface area contributed by atoms with Gasteiger partial charge in [-0.15, -0.1) is 0 Å². The first kappa shape index (κ1) is 23.0. The van der Waals surface area contributed by atoms with Crippen molar-refractivity contribution >= 4 is 33.6 Å². The van der Waals surface area contributed by atoms with Crippen molar-refractivity contribution in [3.8, 4) is 17.6 Å². The maximum absolute atomic E-state index is 13.8. The Morgan fingerprint density at radius 3 is 2.53 bits per heavy atom. The highest BCUT2D eigenvalue weighted by atomic mass is 79.9. The van der Waals surface area contributed by atoms with E-state index in [1.165, 1.54) is 24.3 Å². The summed E-state index contributed by atoms with van der Waals surface area (Å²) in [7, 11) is 0. The van der Waals surface area contributed by atoms with Gasteiger partial charge in [-0.1, -0.05) is 46.3 Å². The Morgan fingerprint density at radius 2 is 1.84 bits per heavy atom. The van der Waals surface area contributed by atoms with Gasteiger partial charge >= 0.3 is 0 Å². The molecule has 0 saturated carbocycles. The van der Waals surface area contributed by atoms with Crippen LogP contribution in [0, 0.1) is 17.1 Å². The van der Waals surface area contributed by atoms with Gasteiger partial charge in [0.15, 0.2) is 11.5 Å². The van der Waals surface area contributed by atoms with Gasteiger partial charge < -0.3 is 14.8 Å². The Hall–Kier alpha value is -3.63. The van der Waals surface area contributed by atoms with Crippen LogP contribution in [0.5, 0.6) is 11.5 Å². The number of ether oxygens (including phenoxy) is 2. The highest BCUT2D eigenvalue weighted by Crippen LogP contribution is 2.30. The van der Waals surface area contributed by atoms with Crippen LogP contribution in [-0.4, -0.2) is 12.5 Å². The highest BCUT2D eigenvalue weighted by Gasteiger charge is 2.13. The minimum absolute atomic E-state index is 0.00495. The van der Waals surface area contributed by atoms with E-state index in [1.807, 2.05) is 37.3 Å². The number of nitriles is 1. The number of nitrogens with one attached hydrogen (secondary N) is 1. The van der Waals surface area contributed by atoms with Crippen molar-refractivity contribution in [1.29, 1.82) is 5.26 Å². The second-order valence-electron chi connectivity index (χ2n) is 6.66. The van der Waals surface area contributed by atoms with Crippen molar-refractivity contribution in [3.63, 3.8) is 0 Å². The minimum Gasteiger partial charge on any atom is -0.490 e. The van der Waals surface area contributed by atoms with Crippen LogP contribution in [0.15, 0.2) is 76.8 Å². The summed E-state index contributed by atoms with van der Waals surface area (Å²) in [5, 5.41) is 11.8. The minimum atomic E-state index is -0.703. The van der Waals surface area contributed by atoms with Crippen molar-refractivity contribution in [1.82, 2.24) is 0 Å². The summed E-state index contributed by atoms with van der Waals surface area (Å²) in [4.78, 5) is 12.4. The SMILES string of the molecule is CCOc1cc(/C=C(\C#N)C(=O)Nc2ccccc2F)ccc1OCc1ccc(Br)cc1. The fourth-order valence-corrected chi connectivity index (χ4v) is 3.08. The standard InChI is InChI=1S/C25H20BrFN2O3/c1-2-31-24-14-18(9-12-23(24)32-16-17-7-10-20(26)11-8-17)13-19(15-28)25(30)29-22-6-4-3-5-21(22)27/h3-14H,2,16H2,1H3,(H,29,30)/b19-13+. The third kappa shape index (κ3) is 6.19. The Bertz CT molecular complexity index is 1170. The predicted octanol–water partition coefficient (Wildman–Crippen LogP) is 6.11. The number of anilines is 1. The van der Waals surface area contributed by atoms with Crippen LogP contribution in [0.4, 0.5) is 10.1 Å². The van der Waals surface area contributed by atoms with Crippen LogP contribution in [0.1, 0.15) is 18.1 Å². The molecule has 0 spiro atoms. The van der Waals surface area contributed by atoms with Crippen molar-refractivity contribution in [2.45, 2.75) is 13.5 Å². The van der Waals surface area contributed by atoms with E-state index < -0.39 is 11.7 Å². The number of rotatable bonds is 8. The quantitative estimate of drug-likeness (QED) is 0.302. The summed E-state index contributed by atoms with van der Waals surface area (Å²) < 4.78 is 26.3. The summed E-state index contributed by atoms with van der Waals surface area (Å²) in [6.07, 6.45) is 1.41. The molecule has 0 aromatic heterocycles. The first-order chi connectivity index (χ1) is 15.5. The number of nitrogens with zero attached hydrogens (tertiary/aromatic N) is 1. The van der Waals surface area contributed by atoms with E-state index in [9.17, 15) is 14.4 Å². The van der Waals surface area contributed by atoms with Crippen molar-refractivity contribution < 1.29 is 18.7 Å². The Balaban J connectivity index is 1.78. The van der Waals surface area contributed by atoms with Gasteiger partial charge in [0.2, 0.25) is 0 Å². The lowest BCUT2D eigenvalue weighted by Gasteiger charge is -2.13. The Morgan fingerprint density at radius 1 is 1.09 bits per heavy atom. The van der Waals surface area contributed by atoms with Gasteiger partial charge in [-0.25, -0.2) is 4.39 Å². The highest BCUT2D eigenvalue weighted by molar-refractivity contribution is 9.10. The van der Waals surface area contributed by atoms with E-state index in [0.29, 0.717) is 30.3 Å². The smallest absolute Gasteiger partial charge is 0.266 e. The van der Waals surface area contributed by atoms with Gasteiger partial charge in [-0.2, -0.15) is 5.26 Å². The summed E-state index contributed by atoms with van der Waals surface area (Å²) in [6, 6.07) is 20.5. The molecule has 32 heavy (non-hydrogen) atoms. The fourth-order valence-electron chi connectivity index (χ4n) is 2.81. The molecule has 0 unspecified atom stereocenters. The molecule has 0 aliphatic carbocycles. The summed E-state index contributed by atoms with van der Waals surface area (Å²) >= 11 is 3.40. The van der Waals surface area contributed by atoms with E-state index in [2.05, 4.69) is 21.2 Å². The molecule has 0 aliphatic heterocycles. The fraction of sp³-hybridized carbons (Fsp3) is 0.120. The van der Waals surface area contributed by atoms with Crippen LogP contribution in [0.25, 0.3) is 6.08 Å². The van der Waals surface area contributed by atoms with Crippen molar-refractivity contribution in [2.24, 2.45) is 0 Å². The first-order valence-corrected chi connectivity index (χ1v) is 10.6. The Labute approximate surface area is 194 Å². The molecule has 162 valence electrons. The summed E-state index contributed by atoms with van der Waals surface area (Å²) in [5.74, 6) is -0.249. The lowest BCUT2D eigenvalue weighted by Crippen LogP contribution is -2.14. The van der Waals surface area contributed by atoms with Gasteiger partial charge in [-0.05, 0) is 60.5 Å². The molecule has 3 aromatic rings. The second kappa shape index (κ2) is 11.1. The van der Waals surface area contributed by atoms with E-state index in [4.69, 9.17) is 9.47 Å². The maximum atomic E-state index is 13.8. The average Bonchev–Trinajstić information content (AvgIpc) is 2.79. The number of benzene rings is 3. The molecule has 0 radical (unpaired) electrons. The monoisotopic (exact) mass is 494 g/mol. The molecule has 0 fully saturated rings. The maximum Gasteiger partial charge on any atom is 0.266 e. The van der Waals surface area contributed by atoms with E-state index in [1.54, 1.807) is 24.3 Å². The van der Waals surface area contributed by atoms with Crippen molar-refractivity contribution in [3.05, 3.63) is 93.7 Å². The predicted molar refractivity (Wildman–Crippen MR) is 125 cm³/mol. The zero-order chi connectivity index (χ0) is 22.9. The zero-order valence-corrected chi connectivity index (χ0v) is 18.9. The third-order valence-corrected chi connectivity index (χ3v) is 4.90. The summed E-state index contributed by atoms with van der Waals surface area (Å²) in [6.45, 7) is 2.63. The molecule has 3 rings (SSSR count). The number of hydrogen-bond donors (Lipinski definition) is 1. The van der Waals surface area contributed by atoms with Crippen LogP contribution in [0.2, 0.25) is 0 Å². The molecule has 7 heteroatoms. The summed E-state index contributed by atoms with van der Waals surface area (Å²) in [5.41, 5.74) is 1.41. The van der Waals surface area contributed by atoms with E-state index >= 15 is 0 Å². The molecule has 1 N–H and O–H groups in total. The van der Waals surface area contributed by atoms with Gasteiger partial charge in [0.1, 0.15) is 24.1 Å². The first-order valence-electron chi connectivity index (χ1n) is 9.82. The lowest BCUT2D eigenvalue weighted by atomic mass is 10.1. The van der Waals surface area contributed by atoms with Crippen LogP contribution >= 0.6 is 15.9 Å². The molecular formula is C25H20BrFN2O3. The molecule has 0 bridgehead atoms. The number of amides is 1.